The van der Waals surface area contributed by atoms with Crippen molar-refractivity contribution in [1.29, 1.82) is 0 Å². The van der Waals surface area contributed by atoms with E-state index >= 15 is 0 Å². The van der Waals surface area contributed by atoms with E-state index in [2.05, 4.69) is 15.6 Å². The van der Waals surface area contributed by atoms with E-state index < -0.39 is 0 Å². The van der Waals surface area contributed by atoms with E-state index in [1.165, 1.54) is 0 Å². The largest absolute Gasteiger partial charge is 0.358 e. The standard InChI is InChI=1S/C9H16N4O/c1-8(12-5-9(14)10-2)6-13-4-3-11-7-13/h3-4,7-8,12H,5-6H2,1-2H3,(H,10,14). The maximum atomic E-state index is 10.9. The molecule has 5 nitrogen and oxygen atoms in total. The van der Waals surface area contributed by atoms with E-state index in [0.29, 0.717) is 6.54 Å². The van der Waals surface area contributed by atoms with Gasteiger partial charge in [-0.1, -0.05) is 0 Å². The second-order valence-electron chi connectivity index (χ2n) is 3.21. The van der Waals surface area contributed by atoms with Gasteiger partial charge in [-0.15, -0.1) is 0 Å². The quantitative estimate of drug-likeness (QED) is 0.674. The first kappa shape index (κ1) is 10.7. The first-order valence-corrected chi connectivity index (χ1v) is 4.62. The van der Waals surface area contributed by atoms with E-state index in [-0.39, 0.29) is 11.9 Å². The molecule has 0 bridgehead atoms. The molecule has 0 saturated carbocycles. The number of hydrogen-bond donors (Lipinski definition) is 2. The van der Waals surface area contributed by atoms with Crippen molar-refractivity contribution in [2.24, 2.45) is 0 Å². The lowest BCUT2D eigenvalue weighted by atomic mass is 10.3. The van der Waals surface area contributed by atoms with Gasteiger partial charge in [0.25, 0.3) is 0 Å². The summed E-state index contributed by atoms with van der Waals surface area (Å²) < 4.78 is 1.97. The van der Waals surface area contributed by atoms with Crippen LogP contribution in [-0.4, -0.2) is 35.1 Å². The molecule has 0 aliphatic rings. The van der Waals surface area contributed by atoms with Gasteiger partial charge in [0, 0.05) is 32.0 Å². The minimum absolute atomic E-state index is 0.00230. The Morgan fingerprint density at radius 3 is 3.00 bits per heavy atom. The van der Waals surface area contributed by atoms with Crippen molar-refractivity contribution >= 4 is 5.91 Å². The molecule has 5 heteroatoms. The molecule has 0 aliphatic heterocycles. The zero-order valence-corrected chi connectivity index (χ0v) is 8.53. The lowest BCUT2D eigenvalue weighted by Crippen LogP contribution is -2.38. The van der Waals surface area contributed by atoms with Gasteiger partial charge in [0.1, 0.15) is 0 Å². The molecular weight excluding hydrogens is 180 g/mol. The Morgan fingerprint density at radius 2 is 2.43 bits per heavy atom. The number of nitrogens with zero attached hydrogens (tertiary/aromatic N) is 2. The van der Waals surface area contributed by atoms with Gasteiger partial charge in [-0.05, 0) is 6.92 Å². The van der Waals surface area contributed by atoms with Crippen LogP contribution in [0.25, 0.3) is 0 Å². The third-order valence-electron chi connectivity index (χ3n) is 1.93. The highest BCUT2D eigenvalue weighted by atomic mass is 16.1. The van der Waals surface area contributed by atoms with Gasteiger partial charge in [-0.25, -0.2) is 4.98 Å². The van der Waals surface area contributed by atoms with Crippen molar-refractivity contribution in [2.45, 2.75) is 19.5 Å². The van der Waals surface area contributed by atoms with Gasteiger partial charge < -0.3 is 15.2 Å². The molecule has 0 aliphatic carbocycles. The van der Waals surface area contributed by atoms with E-state index in [0.717, 1.165) is 6.54 Å². The monoisotopic (exact) mass is 196 g/mol. The summed E-state index contributed by atoms with van der Waals surface area (Å²) in [6.07, 6.45) is 5.40. The minimum atomic E-state index is 0.00230. The Labute approximate surface area is 83.5 Å². The molecule has 0 fully saturated rings. The highest BCUT2D eigenvalue weighted by Gasteiger charge is 2.03. The molecule has 1 heterocycles. The average Bonchev–Trinajstić information content (AvgIpc) is 2.66. The lowest BCUT2D eigenvalue weighted by molar-refractivity contribution is -0.119. The molecular formula is C9H16N4O. The topological polar surface area (TPSA) is 59.0 Å². The molecule has 0 spiro atoms. The highest BCUT2D eigenvalue weighted by molar-refractivity contribution is 5.77. The second kappa shape index (κ2) is 5.39. The Hall–Kier alpha value is -1.36. The summed E-state index contributed by atoms with van der Waals surface area (Å²) in [6.45, 7) is 3.20. The summed E-state index contributed by atoms with van der Waals surface area (Å²) in [5, 5.41) is 5.67. The number of carbonyl (C=O) groups is 1. The van der Waals surface area contributed by atoms with Crippen LogP contribution >= 0.6 is 0 Å². The molecule has 0 radical (unpaired) electrons. The van der Waals surface area contributed by atoms with Gasteiger partial charge in [-0.2, -0.15) is 0 Å². The highest BCUT2D eigenvalue weighted by Crippen LogP contribution is 1.90. The van der Waals surface area contributed by atoms with Crippen molar-refractivity contribution < 1.29 is 4.79 Å². The van der Waals surface area contributed by atoms with Gasteiger partial charge >= 0.3 is 0 Å². The number of hydrogen-bond acceptors (Lipinski definition) is 3. The predicted octanol–water partition coefficient (Wildman–Crippen LogP) is -0.393. The summed E-state index contributed by atoms with van der Waals surface area (Å²) in [6, 6.07) is 0.251. The molecule has 1 unspecified atom stereocenters. The molecule has 1 aromatic rings. The van der Waals surface area contributed by atoms with Crippen LogP contribution in [0.5, 0.6) is 0 Å². The van der Waals surface area contributed by atoms with E-state index in [1.54, 1.807) is 19.6 Å². The fraction of sp³-hybridized carbons (Fsp3) is 0.556. The fourth-order valence-electron chi connectivity index (χ4n) is 1.13. The Morgan fingerprint density at radius 1 is 1.64 bits per heavy atom. The number of carbonyl (C=O) groups excluding carboxylic acids is 1. The van der Waals surface area contributed by atoms with Crippen LogP contribution in [0.2, 0.25) is 0 Å². The van der Waals surface area contributed by atoms with E-state index in [9.17, 15) is 4.79 Å². The van der Waals surface area contributed by atoms with Crippen molar-refractivity contribution in [3.05, 3.63) is 18.7 Å². The number of likely N-dealkylation sites (N-methyl/N-ethyl adjacent to an activating group) is 1. The Bertz CT molecular complexity index is 270. The van der Waals surface area contributed by atoms with Crippen LogP contribution in [0.15, 0.2) is 18.7 Å². The molecule has 78 valence electrons. The zero-order valence-electron chi connectivity index (χ0n) is 8.53. The molecule has 1 rings (SSSR count). The normalized spacial score (nSPS) is 12.4. The lowest BCUT2D eigenvalue weighted by Gasteiger charge is -2.13. The number of imidazole rings is 1. The maximum absolute atomic E-state index is 10.9. The Kier molecular flexibility index (Phi) is 4.12. The van der Waals surface area contributed by atoms with Gasteiger partial charge in [-0.3, -0.25) is 4.79 Å². The van der Waals surface area contributed by atoms with Crippen LogP contribution in [0.4, 0.5) is 0 Å². The second-order valence-corrected chi connectivity index (χ2v) is 3.21. The fourth-order valence-corrected chi connectivity index (χ4v) is 1.13. The molecule has 14 heavy (non-hydrogen) atoms. The average molecular weight is 196 g/mol. The van der Waals surface area contributed by atoms with Crippen LogP contribution in [-0.2, 0) is 11.3 Å². The van der Waals surface area contributed by atoms with Crippen LogP contribution in [0.3, 0.4) is 0 Å². The van der Waals surface area contributed by atoms with Crippen LogP contribution in [0, 0.1) is 0 Å². The smallest absolute Gasteiger partial charge is 0.233 e. The maximum Gasteiger partial charge on any atom is 0.233 e. The van der Waals surface area contributed by atoms with E-state index in [4.69, 9.17) is 0 Å². The number of amides is 1. The first-order valence-electron chi connectivity index (χ1n) is 4.62. The van der Waals surface area contributed by atoms with Crippen LogP contribution < -0.4 is 10.6 Å². The van der Waals surface area contributed by atoms with Crippen molar-refractivity contribution in [3.8, 4) is 0 Å². The van der Waals surface area contributed by atoms with Gasteiger partial charge in [0.05, 0.1) is 12.9 Å². The first-order chi connectivity index (χ1) is 6.72. The predicted molar refractivity (Wildman–Crippen MR) is 53.8 cm³/mol. The zero-order chi connectivity index (χ0) is 10.4. The third-order valence-corrected chi connectivity index (χ3v) is 1.93. The van der Waals surface area contributed by atoms with Crippen molar-refractivity contribution in [3.63, 3.8) is 0 Å². The Balaban J connectivity index is 2.22. The number of rotatable bonds is 5. The summed E-state index contributed by atoms with van der Waals surface area (Å²) in [7, 11) is 1.63. The summed E-state index contributed by atoms with van der Waals surface area (Å²) in [5.41, 5.74) is 0. The molecule has 1 aromatic heterocycles. The molecule has 0 aromatic carbocycles. The number of nitrogens with one attached hydrogen (secondary N) is 2. The molecule has 1 amide bonds. The molecule has 2 N–H and O–H groups in total. The SMILES string of the molecule is CNC(=O)CNC(C)Cn1ccnc1. The third kappa shape index (κ3) is 3.57. The van der Waals surface area contributed by atoms with Crippen molar-refractivity contribution in [1.82, 2.24) is 20.2 Å². The minimum Gasteiger partial charge on any atom is -0.358 e. The van der Waals surface area contributed by atoms with Crippen molar-refractivity contribution in [2.75, 3.05) is 13.6 Å². The summed E-state index contributed by atoms with van der Waals surface area (Å²) in [4.78, 5) is 14.9. The summed E-state index contributed by atoms with van der Waals surface area (Å²) in [5.74, 6) is 0.00230. The van der Waals surface area contributed by atoms with Crippen LogP contribution in [0.1, 0.15) is 6.92 Å². The van der Waals surface area contributed by atoms with Gasteiger partial charge in [0.15, 0.2) is 0 Å². The summed E-state index contributed by atoms with van der Waals surface area (Å²) >= 11 is 0. The van der Waals surface area contributed by atoms with E-state index in [1.807, 2.05) is 17.7 Å². The van der Waals surface area contributed by atoms with Gasteiger partial charge in [0.2, 0.25) is 5.91 Å². The number of aromatic nitrogens is 2. The molecule has 0 saturated heterocycles. The molecule has 1 atom stereocenters.